The van der Waals surface area contributed by atoms with Gasteiger partial charge in [-0.2, -0.15) is 0 Å². The van der Waals surface area contributed by atoms with E-state index in [0.717, 1.165) is 10.0 Å². The lowest BCUT2D eigenvalue weighted by molar-refractivity contribution is -0.171. The molecule has 1 unspecified atom stereocenters. The molecule has 1 fully saturated rings. The Morgan fingerprint density at radius 3 is 2.61 bits per heavy atom. The van der Waals surface area contributed by atoms with Crippen molar-refractivity contribution in [1.29, 1.82) is 0 Å². The van der Waals surface area contributed by atoms with Crippen LogP contribution in [0.2, 0.25) is 0 Å². The molecule has 2 aliphatic heterocycles. The van der Waals surface area contributed by atoms with E-state index >= 15 is 0 Å². The van der Waals surface area contributed by atoms with Crippen LogP contribution >= 0.6 is 15.9 Å². The monoisotopic (exact) mass is 383 g/mol. The van der Waals surface area contributed by atoms with Crippen molar-refractivity contribution in [2.45, 2.75) is 51.0 Å². The lowest BCUT2D eigenvalue weighted by Crippen LogP contribution is -2.50. The molecule has 1 aromatic carbocycles. The maximum atomic E-state index is 13.2. The Morgan fingerprint density at radius 1 is 1.35 bits per heavy atom. The first-order chi connectivity index (χ1) is 10.7. The van der Waals surface area contributed by atoms with Gasteiger partial charge in [0.15, 0.2) is 0 Å². The number of amides is 1. The molecule has 1 spiro atoms. The smallest absolute Gasteiger partial charge is 0.245 e. The Morgan fingerprint density at radius 2 is 2.00 bits per heavy atom. The Hall–Kier alpha value is -0.950. The first-order valence-electron chi connectivity index (χ1n) is 7.82. The van der Waals surface area contributed by atoms with Crippen LogP contribution in [-0.2, 0) is 19.7 Å². The van der Waals surface area contributed by atoms with Crippen molar-refractivity contribution >= 4 is 27.5 Å². The second-order valence-electron chi connectivity index (χ2n) is 7.09. The molecule has 0 radical (unpaired) electrons. The molecule has 3 rings (SSSR count). The zero-order valence-corrected chi connectivity index (χ0v) is 15.2. The average Bonchev–Trinajstić information content (AvgIpc) is 2.67. The summed E-state index contributed by atoms with van der Waals surface area (Å²) in [5.41, 5.74) is 0.488. The van der Waals surface area contributed by atoms with Gasteiger partial charge in [-0.1, -0.05) is 22.0 Å². The van der Waals surface area contributed by atoms with Crippen molar-refractivity contribution in [2.24, 2.45) is 0 Å². The van der Waals surface area contributed by atoms with E-state index in [0.29, 0.717) is 31.7 Å². The molecule has 1 N–H and O–H groups in total. The zero-order valence-electron chi connectivity index (χ0n) is 13.6. The molecule has 1 saturated heterocycles. The predicted octanol–water partition coefficient (Wildman–Crippen LogP) is 2.93. The van der Waals surface area contributed by atoms with Crippen molar-refractivity contribution in [3.05, 3.63) is 28.2 Å². The molecule has 0 aliphatic carbocycles. The van der Waals surface area contributed by atoms with Gasteiger partial charge in [0.1, 0.15) is 0 Å². The van der Waals surface area contributed by atoms with Crippen LogP contribution in [0.25, 0.3) is 0 Å². The number of hydrogen-bond acceptors (Lipinski definition) is 4. The average molecular weight is 384 g/mol. The summed E-state index contributed by atoms with van der Waals surface area (Å²) in [5.74, 6) is -0.106. The molecule has 5 nitrogen and oxygen atoms in total. The van der Waals surface area contributed by atoms with E-state index in [4.69, 9.17) is 9.47 Å². The summed E-state index contributed by atoms with van der Waals surface area (Å²) >= 11 is 3.45. The Kier molecular flexibility index (Phi) is 4.29. The van der Waals surface area contributed by atoms with Crippen molar-refractivity contribution in [3.8, 4) is 0 Å². The van der Waals surface area contributed by atoms with Gasteiger partial charge in [-0.25, -0.2) is 0 Å². The third kappa shape index (κ3) is 2.93. The van der Waals surface area contributed by atoms with Gasteiger partial charge in [-0.15, -0.1) is 0 Å². The van der Waals surface area contributed by atoms with Crippen LogP contribution in [0, 0.1) is 0 Å². The number of fused-ring (bicyclic) bond motifs is 2. The van der Waals surface area contributed by atoms with E-state index in [2.05, 4.69) is 15.9 Å². The van der Waals surface area contributed by atoms with Gasteiger partial charge >= 0.3 is 0 Å². The molecule has 2 aliphatic rings. The van der Waals surface area contributed by atoms with Crippen LogP contribution in [0.15, 0.2) is 22.7 Å². The summed E-state index contributed by atoms with van der Waals surface area (Å²) in [6.45, 7) is 6.64. The second kappa shape index (κ2) is 5.84. The number of carbonyl (C=O) groups is 1. The summed E-state index contributed by atoms with van der Waals surface area (Å²) in [7, 11) is 0. The summed E-state index contributed by atoms with van der Waals surface area (Å²) in [4.78, 5) is 14.6. The minimum atomic E-state index is -1.31. The molecular weight excluding hydrogens is 362 g/mol. The van der Waals surface area contributed by atoms with Crippen molar-refractivity contribution in [1.82, 2.24) is 0 Å². The largest absolute Gasteiger partial charge is 0.381 e. The number of aliphatic hydroxyl groups excluding tert-OH is 1. The van der Waals surface area contributed by atoms with Gasteiger partial charge in [-0.05, 0) is 51.3 Å². The third-order valence-electron chi connectivity index (χ3n) is 4.39. The van der Waals surface area contributed by atoms with Crippen LogP contribution in [0.3, 0.4) is 0 Å². The minimum absolute atomic E-state index is 0.106. The number of rotatable bonds is 2. The van der Waals surface area contributed by atoms with E-state index in [9.17, 15) is 9.90 Å². The molecule has 2 heterocycles. The quantitative estimate of drug-likeness (QED) is 0.797. The van der Waals surface area contributed by atoms with Gasteiger partial charge in [0.25, 0.3) is 0 Å². The summed E-state index contributed by atoms with van der Waals surface area (Å²) in [5, 5.41) is 10.5. The highest BCUT2D eigenvalue weighted by molar-refractivity contribution is 9.10. The van der Waals surface area contributed by atoms with Crippen LogP contribution in [0.4, 0.5) is 5.69 Å². The Labute approximate surface area is 144 Å². The van der Waals surface area contributed by atoms with E-state index < -0.39 is 17.4 Å². The highest BCUT2D eigenvalue weighted by Gasteiger charge is 2.53. The fourth-order valence-corrected chi connectivity index (χ4v) is 3.70. The summed E-state index contributed by atoms with van der Waals surface area (Å²) < 4.78 is 11.9. The number of anilines is 1. The number of halogens is 1. The van der Waals surface area contributed by atoms with Gasteiger partial charge in [0.2, 0.25) is 12.3 Å². The number of benzene rings is 1. The van der Waals surface area contributed by atoms with Gasteiger partial charge < -0.3 is 14.6 Å². The molecule has 1 aromatic rings. The number of hydrogen-bond donors (Lipinski definition) is 1. The van der Waals surface area contributed by atoms with Crippen molar-refractivity contribution in [3.63, 3.8) is 0 Å². The fourth-order valence-electron chi connectivity index (χ4n) is 3.36. The molecule has 1 amide bonds. The molecule has 0 aromatic heterocycles. The van der Waals surface area contributed by atoms with Crippen LogP contribution in [-0.4, -0.2) is 36.2 Å². The maximum absolute atomic E-state index is 13.2. The molecule has 1 atom stereocenters. The summed E-state index contributed by atoms with van der Waals surface area (Å²) in [6.07, 6.45) is -0.0592. The second-order valence-corrected chi connectivity index (χ2v) is 8.00. The highest BCUT2D eigenvalue weighted by atomic mass is 79.9. The van der Waals surface area contributed by atoms with Crippen LogP contribution in [0.5, 0.6) is 0 Å². The topological polar surface area (TPSA) is 59.0 Å². The molecule has 0 bridgehead atoms. The minimum Gasteiger partial charge on any atom is -0.381 e. The molecule has 6 heteroatoms. The highest BCUT2D eigenvalue weighted by Crippen LogP contribution is 2.49. The van der Waals surface area contributed by atoms with E-state index in [1.165, 1.54) is 4.90 Å². The first kappa shape index (κ1) is 16.9. The normalized spacial score (nSPS) is 21.6. The lowest BCUT2D eigenvalue weighted by Gasteiger charge is -2.34. The zero-order chi connectivity index (χ0) is 16.8. The number of ether oxygens (including phenoxy) is 2. The standard InChI is InChI=1S/C17H22BrNO4/c1-16(2,3)23-15(21)19-13-10-11(18)4-5-12(13)17(14(19)20)6-8-22-9-7-17/h4-5,10,15,21H,6-9H2,1-3H3. The third-order valence-corrected chi connectivity index (χ3v) is 4.88. The van der Waals surface area contributed by atoms with Crippen LogP contribution < -0.4 is 4.90 Å². The fraction of sp³-hybridized carbons (Fsp3) is 0.588. The van der Waals surface area contributed by atoms with Gasteiger partial charge in [0.05, 0.1) is 16.7 Å². The maximum Gasteiger partial charge on any atom is 0.245 e. The van der Waals surface area contributed by atoms with Crippen LogP contribution in [0.1, 0.15) is 39.2 Å². The van der Waals surface area contributed by atoms with Gasteiger partial charge in [0, 0.05) is 17.7 Å². The van der Waals surface area contributed by atoms with Gasteiger partial charge in [-0.3, -0.25) is 9.69 Å². The SMILES string of the molecule is CC(C)(C)OC(O)N1C(=O)C2(CCOCC2)c2ccc(Br)cc21. The Bertz CT molecular complexity index is 620. The summed E-state index contributed by atoms with van der Waals surface area (Å²) in [6, 6.07) is 5.77. The lowest BCUT2D eigenvalue weighted by atomic mass is 9.75. The molecule has 126 valence electrons. The van der Waals surface area contributed by atoms with E-state index in [1.807, 2.05) is 39.0 Å². The first-order valence-corrected chi connectivity index (χ1v) is 8.61. The number of aliphatic hydroxyl groups is 1. The molecule has 0 saturated carbocycles. The van der Waals surface area contributed by atoms with Crippen molar-refractivity contribution in [2.75, 3.05) is 18.1 Å². The molecule has 23 heavy (non-hydrogen) atoms. The predicted molar refractivity (Wildman–Crippen MR) is 90.2 cm³/mol. The van der Waals surface area contributed by atoms with E-state index in [1.54, 1.807) is 0 Å². The van der Waals surface area contributed by atoms with E-state index in [-0.39, 0.29) is 5.91 Å². The number of nitrogens with zero attached hydrogens (tertiary/aromatic N) is 1. The molecular formula is C17H22BrNO4. The van der Waals surface area contributed by atoms with Crippen molar-refractivity contribution < 1.29 is 19.4 Å². The Balaban J connectivity index is 2.05. The number of carbonyl (C=O) groups excluding carboxylic acids is 1.